The number of fused-ring (bicyclic) bond motifs is 1. The largest absolute Gasteiger partial charge is 0.481 e. The second kappa shape index (κ2) is 7.14. The van der Waals surface area contributed by atoms with Gasteiger partial charge in [-0.1, -0.05) is 6.92 Å². The lowest BCUT2D eigenvalue weighted by Crippen LogP contribution is -2.43. The number of pyridine rings is 1. The van der Waals surface area contributed by atoms with Gasteiger partial charge in [0.05, 0.1) is 24.6 Å². The summed E-state index contributed by atoms with van der Waals surface area (Å²) in [6.07, 6.45) is 3.29. The lowest BCUT2D eigenvalue weighted by atomic mass is 9.84. The molecule has 1 amide bonds. The first kappa shape index (κ1) is 18.3. The number of ether oxygens (including phenoxy) is 1. The lowest BCUT2D eigenvalue weighted by molar-refractivity contribution is 0.0660. The van der Waals surface area contributed by atoms with Crippen LogP contribution in [0.3, 0.4) is 0 Å². The van der Waals surface area contributed by atoms with E-state index in [0.29, 0.717) is 24.8 Å². The molecule has 2 unspecified atom stereocenters. The number of halogens is 1. The van der Waals surface area contributed by atoms with Gasteiger partial charge in [0, 0.05) is 30.8 Å². The number of piperidine rings is 1. The summed E-state index contributed by atoms with van der Waals surface area (Å²) in [5, 5.41) is 4.29. The van der Waals surface area contributed by atoms with E-state index in [1.807, 2.05) is 13.0 Å². The standard InChI is InChI=1S/C19H21FN6O2/c1-11-4-5-25(18(27)13-7-17(28-3)21-8-15(13)20)9-14(11)16-6-12(2)24-19-22-10-23-26(16)19/h6-8,10-11,14H,4-5,9H2,1-3H3. The van der Waals surface area contributed by atoms with Crippen LogP contribution in [0, 0.1) is 18.7 Å². The Hall–Kier alpha value is -3.10. The molecule has 28 heavy (non-hydrogen) atoms. The molecule has 1 fully saturated rings. The number of carbonyl (C=O) groups is 1. The molecule has 1 aliphatic heterocycles. The average molecular weight is 384 g/mol. The fourth-order valence-electron chi connectivity index (χ4n) is 3.73. The number of aromatic nitrogens is 5. The third-order valence-electron chi connectivity index (χ3n) is 5.30. The van der Waals surface area contributed by atoms with E-state index in [1.165, 1.54) is 19.5 Å². The third kappa shape index (κ3) is 3.17. The molecule has 1 aliphatic rings. The average Bonchev–Trinajstić information content (AvgIpc) is 3.16. The first-order chi connectivity index (χ1) is 13.5. The highest BCUT2D eigenvalue weighted by atomic mass is 19.1. The molecule has 2 atom stereocenters. The van der Waals surface area contributed by atoms with E-state index in [2.05, 4.69) is 27.0 Å². The summed E-state index contributed by atoms with van der Waals surface area (Å²) in [6.45, 7) is 5.09. The molecular formula is C19H21FN6O2. The van der Waals surface area contributed by atoms with Gasteiger partial charge in [-0.25, -0.2) is 18.9 Å². The molecule has 146 valence electrons. The fourth-order valence-corrected chi connectivity index (χ4v) is 3.73. The molecule has 9 heteroatoms. The molecule has 0 aliphatic carbocycles. The number of methoxy groups -OCH3 is 1. The Bertz CT molecular complexity index is 1040. The minimum Gasteiger partial charge on any atom is -0.481 e. The maximum atomic E-state index is 14.2. The predicted molar refractivity (Wildman–Crippen MR) is 98.7 cm³/mol. The van der Waals surface area contributed by atoms with E-state index in [-0.39, 0.29) is 23.3 Å². The van der Waals surface area contributed by atoms with Crippen molar-refractivity contribution in [2.24, 2.45) is 5.92 Å². The highest BCUT2D eigenvalue weighted by Gasteiger charge is 2.33. The molecule has 3 aromatic rings. The van der Waals surface area contributed by atoms with Gasteiger partial charge in [0.15, 0.2) is 5.82 Å². The Labute approximate surface area is 161 Å². The van der Waals surface area contributed by atoms with Crippen LogP contribution in [-0.2, 0) is 0 Å². The van der Waals surface area contributed by atoms with Gasteiger partial charge in [-0.2, -0.15) is 10.1 Å². The zero-order chi connectivity index (χ0) is 19.8. The highest BCUT2D eigenvalue weighted by molar-refractivity contribution is 5.94. The van der Waals surface area contributed by atoms with Gasteiger partial charge in [-0.05, 0) is 25.3 Å². The van der Waals surface area contributed by atoms with Crippen LogP contribution in [-0.4, -0.2) is 55.6 Å². The normalized spacial score (nSPS) is 19.8. The second-order valence-corrected chi connectivity index (χ2v) is 7.12. The second-order valence-electron chi connectivity index (χ2n) is 7.12. The SMILES string of the molecule is COc1cc(C(=O)N2CCC(C)C(c3cc(C)nc4ncnn34)C2)c(F)cn1. The number of rotatable bonds is 3. The number of nitrogens with zero attached hydrogens (tertiary/aromatic N) is 6. The van der Waals surface area contributed by atoms with Crippen LogP contribution in [0.15, 0.2) is 24.7 Å². The molecule has 8 nitrogen and oxygen atoms in total. The van der Waals surface area contributed by atoms with Crippen molar-refractivity contribution in [3.63, 3.8) is 0 Å². The van der Waals surface area contributed by atoms with E-state index < -0.39 is 5.82 Å². The van der Waals surface area contributed by atoms with Crippen LogP contribution in [0.2, 0.25) is 0 Å². The number of aryl methyl sites for hydroxylation is 1. The molecule has 0 spiro atoms. The Balaban J connectivity index is 1.67. The van der Waals surface area contributed by atoms with Gasteiger partial charge in [0.25, 0.3) is 11.7 Å². The smallest absolute Gasteiger partial charge is 0.257 e. The summed E-state index contributed by atoms with van der Waals surface area (Å²) >= 11 is 0. The molecule has 3 aromatic heterocycles. The minimum atomic E-state index is -0.653. The van der Waals surface area contributed by atoms with Crippen molar-refractivity contribution >= 4 is 11.7 Å². The minimum absolute atomic E-state index is 0.0306. The fraction of sp³-hybridized carbons (Fsp3) is 0.421. The summed E-state index contributed by atoms with van der Waals surface area (Å²) < 4.78 is 21.0. The van der Waals surface area contributed by atoms with Gasteiger partial charge in [-0.3, -0.25) is 4.79 Å². The van der Waals surface area contributed by atoms with Crippen molar-refractivity contribution in [2.45, 2.75) is 26.2 Å². The van der Waals surface area contributed by atoms with Crippen LogP contribution >= 0.6 is 0 Å². The van der Waals surface area contributed by atoms with E-state index >= 15 is 0 Å². The third-order valence-corrected chi connectivity index (χ3v) is 5.30. The Kier molecular flexibility index (Phi) is 4.66. The predicted octanol–water partition coefficient (Wildman–Crippen LogP) is 2.24. The molecule has 0 bridgehead atoms. The molecule has 0 radical (unpaired) electrons. The quantitative estimate of drug-likeness (QED) is 0.688. The van der Waals surface area contributed by atoms with Gasteiger partial charge >= 0.3 is 0 Å². The zero-order valence-corrected chi connectivity index (χ0v) is 16.0. The summed E-state index contributed by atoms with van der Waals surface area (Å²) in [7, 11) is 1.43. The monoisotopic (exact) mass is 384 g/mol. The lowest BCUT2D eigenvalue weighted by Gasteiger charge is -2.37. The Morgan fingerprint density at radius 3 is 2.93 bits per heavy atom. The van der Waals surface area contributed by atoms with Crippen molar-refractivity contribution in [2.75, 3.05) is 20.2 Å². The van der Waals surface area contributed by atoms with Gasteiger partial charge in [-0.15, -0.1) is 0 Å². The van der Waals surface area contributed by atoms with Crippen molar-refractivity contribution in [1.29, 1.82) is 0 Å². The summed E-state index contributed by atoms with van der Waals surface area (Å²) in [5.41, 5.74) is 1.77. The van der Waals surface area contributed by atoms with Crippen molar-refractivity contribution in [3.8, 4) is 5.88 Å². The molecule has 0 aromatic carbocycles. The number of carbonyl (C=O) groups excluding carboxylic acids is 1. The van der Waals surface area contributed by atoms with Gasteiger partial charge in [0.2, 0.25) is 5.88 Å². The van der Waals surface area contributed by atoms with E-state index in [0.717, 1.165) is 24.0 Å². The van der Waals surface area contributed by atoms with Gasteiger partial charge in [0.1, 0.15) is 6.33 Å². The van der Waals surface area contributed by atoms with Crippen molar-refractivity contribution in [1.82, 2.24) is 29.5 Å². The van der Waals surface area contributed by atoms with Crippen molar-refractivity contribution in [3.05, 3.63) is 47.4 Å². The maximum absolute atomic E-state index is 14.2. The molecule has 1 saturated heterocycles. The molecular weight excluding hydrogens is 363 g/mol. The Morgan fingerprint density at radius 2 is 2.14 bits per heavy atom. The molecule has 0 N–H and O–H groups in total. The molecule has 4 heterocycles. The number of amides is 1. The van der Waals surface area contributed by atoms with Crippen LogP contribution < -0.4 is 4.74 Å². The van der Waals surface area contributed by atoms with E-state index in [4.69, 9.17) is 4.74 Å². The summed E-state index contributed by atoms with van der Waals surface area (Å²) in [4.78, 5) is 27.1. The maximum Gasteiger partial charge on any atom is 0.257 e. The van der Waals surface area contributed by atoms with E-state index in [9.17, 15) is 9.18 Å². The number of likely N-dealkylation sites (tertiary alicyclic amines) is 1. The summed E-state index contributed by atoms with van der Waals surface area (Å²) in [5.74, 6) is 0.0944. The summed E-state index contributed by atoms with van der Waals surface area (Å²) in [6, 6.07) is 3.32. The van der Waals surface area contributed by atoms with Crippen molar-refractivity contribution < 1.29 is 13.9 Å². The Morgan fingerprint density at radius 1 is 1.32 bits per heavy atom. The topological polar surface area (TPSA) is 85.5 Å². The highest BCUT2D eigenvalue weighted by Crippen LogP contribution is 2.33. The van der Waals surface area contributed by atoms with Crippen LogP contribution in [0.1, 0.15) is 41.0 Å². The first-order valence-corrected chi connectivity index (χ1v) is 9.14. The molecule has 4 rings (SSSR count). The van der Waals surface area contributed by atoms with Crippen LogP contribution in [0.5, 0.6) is 5.88 Å². The van der Waals surface area contributed by atoms with Crippen LogP contribution in [0.25, 0.3) is 5.78 Å². The first-order valence-electron chi connectivity index (χ1n) is 9.14. The molecule has 0 saturated carbocycles. The number of hydrogen-bond donors (Lipinski definition) is 0. The van der Waals surface area contributed by atoms with Gasteiger partial charge < -0.3 is 9.64 Å². The van der Waals surface area contributed by atoms with E-state index in [1.54, 1.807) is 9.42 Å². The number of hydrogen-bond acceptors (Lipinski definition) is 6. The zero-order valence-electron chi connectivity index (χ0n) is 16.0. The van der Waals surface area contributed by atoms with Crippen LogP contribution in [0.4, 0.5) is 4.39 Å².